The van der Waals surface area contributed by atoms with E-state index in [0.717, 1.165) is 10.5 Å². The molecule has 0 unspecified atom stereocenters. The lowest BCUT2D eigenvalue weighted by atomic mass is 10.1. The van der Waals surface area contributed by atoms with Crippen molar-refractivity contribution in [2.75, 3.05) is 16.8 Å². The smallest absolute Gasteiger partial charge is 0.335 e. The van der Waals surface area contributed by atoms with E-state index >= 15 is 0 Å². The Bertz CT molecular complexity index is 1470. The molecule has 1 saturated heterocycles. The Balaban J connectivity index is 1.50. The summed E-state index contributed by atoms with van der Waals surface area (Å²) in [5, 5.41) is 5.79. The normalized spacial score (nSPS) is 14.5. The highest BCUT2D eigenvalue weighted by molar-refractivity contribution is 6.40. The number of amides is 5. The summed E-state index contributed by atoms with van der Waals surface area (Å²) < 4.78 is 5.57. The van der Waals surface area contributed by atoms with Gasteiger partial charge in [-0.3, -0.25) is 19.7 Å². The second-order valence-electron chi connectivity index (χ2n) is 8.22. The van der Waals surface area contributed by atoms with E-state index in [9.17, 15) is 19.2 Å². The predicted octanol–water partition coefficient (Wildman–Crippen LogP) is 5.29. The predicted molar refractivity (Wildman–Crippen MR) is 142 cm³/mol. The Morgan fingerprint density at radius 2 is 1.76 bits per heavy atom. The molecule has 4 rings (SSSR count). The number of hydrogen-bond acceptors (Lipinski definition) is 5. The van der Waals surface area contributed by atoms with E-state index in [1.165, 1.54) is 6.08 Å². The van der Waals surface area contributed by atoms with E-state index in [1.807, 2.05) is 6.92 Å². The summed E-state index contributed by atoms with van der Waals surface area (Å²) in [5.74, 6) is -1.67. The number of benzene rings is 3. The van der Waals surface area contributed by atoms with Crippen LogP contribution in [0.3, 0.4) is 0 Å². The highest BCUT2D eigenvalue weighted by Crippen LogP contribution is 2.30. The second-order valence-corrected chi connectivity index (χ2v) is 9.03. The zero-order valence-electron chi connectivity index (χ0n) is 19.8. The number of carbonyl (C=O) groups excluding carboxylic acids is 4. The molecular formula is C27H21Cl2N3O5. The molecule has 0 atom stereocenters. The van der Waals surface area contributed by atoms with E-state index in [2.05, 4.69) is 10.6 Å². The fraction of sp³-hybridized carbons (Fsp3) is 0.111. The summed E-state index contributed by atoms with van der Waals surface area (Å²) in [4.78, 5) is 51.3. The first-order chi connectivity index (χ1) is 17.6. The number of imide groups is 2. The first kappa shape index (κ1) is 25.9. The molecule has 3 aromatic carbocycles. The topological polar surface area (TPSA) is 105 Å². The zero-order valence-corrected chi connectivity index (χ0v) is 21.3. The van der Waals surface area contributed by atoms with Crippen LogP contribution in [0.4, 0.5) is 16.2 Å². The number of nitrogens with zero attached hydrogens (tertiary/aromatic N) is 1. The van der Waals surface area contributed by atoms with Gasteiger partial charge in [-0.25, -0.2) is 9.69 Å². The summed E-state index contributed by atoms with van der Waals surface area (Å²) in [6, 6.07) is 15.6. The van der Waals surface area contributed by atoms with Crippen molar-refractivity contribution in [2.45, 2.75) is 13.8 Å². The highest BCUT2D eigenvalue weighted by Gasteiger charge is 2.37. The molecular weight excluding hydrogens is 517 g/mol. The molecule has 1 aliphatic heterocycles. The van der Waals surface area contributed by atoms with Crippen molar-refractivity contribution < 1.29 is 23.9 Å². The van der Waals surface area contributed by atoms with Crippen LogP contribution in [0.25, 0.3) is 6.08 Å². The lowest BCUT2D eigenvalue weighted by molar-refractivity contribution is -0.122. The van der Waals surface area contributed by atoms with Gasteiger partial charge in [0.15, 0.2) is 6.61 Å². The third-order valence-electron chi connectivity index (χ3n) is 5.58. The van der Waals surface area contributed by atoms with Crippen LogP contribution >= 0.6 is 23.2 Å². The molecule has 1 fully saturated rings. The molecule has 0 radical (unpaired) electrons. The molecule has 3 aromatic rings. The minimum absolute atomic E-state index is 0.245. The third-order valence-corrected chi connectivity index (χ3v) is 6.39. The maximum absolute atomic E-state index is 13.2. The van der Waals surface area contributed by atoms with Gasteiger partial charge >= 0.3 is 6.03 Å². The Morgan fingerprint density at radius 1 is 1.00 bits per heavy atom. The molecule has 2 N–H and O–H groups in total. The van der Waals surface area contributed by atoms with Gasteiger partial charge in [0.1, 0.15) is 11.3 Å². The zero-order chi connectivity index (χ0) is 26.7. The molecule has 0 spiro atoms. The SMILES string of the molecule is Cc1ccc(NC(=O)COc2cccc(/C=C3/C(=O)NC(=O)N(c4cccc(Cl)c4C)C3=O)c2)cc1Cl. The quantitative estimate of drug-likeness (QED) is 0.328. The van der Waals surface area contributed by atoms with Crippen LogP contribution in [0, 0.1) is 13.8 Å². The summed E-state index contributed by atoms with van der Waals surface area (Å²) in [7, 11) is 0. The minimum Gasteiger partial charge on any atom is -0.484 e. The minimum atomic E-state index is -0.865. The number of ether oxygens (including phenoxy) is 1. The molecule has 10 heteroatoms. The summed E-state index contributed by atoms with van der Waals surface area (Å²) in [6.07, 6.45) is 1.35. The van der Waals surface area contributed by atoms with Gasteiger partial charge in [0.05, 0.1) is 5.69 Å². The van der Waals surface area contributed by atoms with E-state index in [-0.39, 0.29) is 17.9 Å². The number of halogens is 2. The van der Waals surface area contributed by atoms with Gasteiger partial charge in [0.2, 0.25) is 0 Å². The van der Waals surface area contributed by atoms with Crippen LogP contribution in [0.5, 0.6) is 5.75 Å². The second kappa shape index (κ2) is 10.9. The number of rotatable bonds is 6. The van der Waals surface area contributed by atoms with Crippen LogP contribution < -0.4 is 20.3 Å². The van der Waals surface area contributed by atoms with E-state index in [1.54, 1.807) is 67.6 Å². The van der Waals surface area contributed by atoms with Gasteiger partial charge in [-0.15, -0.1) is 0 Å². The van der Waals surface area contributed by atoms with Crippen molar-refractivity contribution >= 4 is 64.4 Å². The average Bonchev–Trinajstić information content (AvgIpc) is 2.85. The van der Waals surface area contributed by atoms with Crippen molar-refractivity contribution in [3.63, 3.8) is 0 Å². The highest BCUT2D eigenvalue weighted by atomic mass is 35.5. The van der Waals surface area contributed by atoms with E-state index in [4.69, 9.17) is 27.9 Å². The number of nitrogens with one attached hydrogen (secondary N) is 2. The average molecular weight is 538 g/mol. The Hall–Kier alpha value is -4.14. The summed E-state index contributed by atoms with van der Waals surface area (Å²) >= 11 is 12.2. The van der Waals surface area contributed by atoms with Gasteiger partial charge < -0.3 is 10.1 Å². The molecule has 0 saturated carbocycles. The summed E-state index contributed by atoms with van der Waals surface area (Å²) in [6.45, 7) is 3.25. The summed E-state index contributed by atoms with van der Waals surface area (Å²) in [5.41, 5.74) is 2.43. The van der Waals surface area contributed by atoms with Crippen LogP contribution in [0.15, 0.2) is 66.2 Å². The number of carbonyl (C=O) groups is 4. The maximum Gasteiger partial charge on any atom is 0.335 e. The lowest BCUT2D eigenvalue weighted by Crippen LogP contribution is -2.54. The van der Waals surface area contributed by atoms with E-state index < -0.39 is 23.8 Å². The molecule has 1 heterocycles. The van der Waals surface area contributed by atoms with Crippen molar-refractivity contribution in [2.24, 2.45) is 0 Å². The Morgan fingerprint density at radius 3 is 2.51 bits per heavy atom. The number of hydrogen-bond donors (Lipinski definition) is 2. The Labute approximate surface area is 222 Å². The number of aryl methyl sites for hydroxylation is 1. The number of anilines is 2. The van der Waals surface area contributed by atoms with Gasteiger partial charge in [-0.05, 0) is 73.0 Å². The molecule has 188 valence electrons. The molecule has 0 aromatic heterocycles. The fourth-order valence-corrected chi connectivity index (χ4v) is 3.94. The van der Waals surface area contributed by atoms with E-state index in [0.29, 0.717) is 32.6 Å². The molecule has 5 amide bonds. The number of barbiturate groups is 1. The molecule has 1 aliphatic rings. The van der Waals surface area contributed by atoms with Crippen molar-refractivity contribution in [3.8, 4) is 5.75 Å². The standard InChI is InChI=1S/C27H21Cl2N3O5/c1-15-9-10-18(13-22(15)29)30-24(33)14-37-19-6-3-5-17(11-19)12-20-25(34)31-27(36)32(26(20)35)23-8-4-7-21(28)16(23)2/h3-13H,14H2,1-2H3,(H,30,33)(H,31,34,36)/b20-12-. The molecule has 0 aliphatic carbocycles. The van der Waals surface area contributed by atoms with Crippen molar-refractivity contribution in [1.29, 1.82) is 0 Å². The van der Waals surface area contributed by atoms with Gasteiger partial charge in [-0.1, -0.05) is 47.5 Å². The first-order valence-corrected chi connectivity index (χ1v) is 11.8. The largest absolute Gasteiger partial charge is 0.484 e. The molecule has 8 nitrogen and oxygen atoms in total. The third kappa shape index (κ3) is 5.82. The Kier molecular flexibility index (Phi) is 7.61. The monoisotopic (exact) mass is 537 g/mol. The van der Waals surface area contributed by atoms with Gasteiger partial charge in [0.25, 0.3) is 17.7 Å². The fourth-order valence-electron chi connectivity index (χ4n) is 3.59. The molecule has 37 heavy (non-hydrogen) atoms. The van der Waals surface area contributed by atoms with Crippen LogP contribution in [-0.2, 0) is 14.4 Å². The lowest BCUT2D eigenvalue weighted by Gasteiger charge is -2.27. The number of urea groups is 1. The van der Waals surface area contributed by atoms with Gasteiger partial charge in [-0.2, -0.15) is 0 Å². The van der Waals surface area contributed by atoms with Crippen LogP contribution in [0.1, 0.15) is 16.7 Å². The van der Waals surface area contributed by atoms with Crippen LogP contribution in [-0.4, -0.2) is 30.4 Å². The maximum atomic E-state index is 13.2. The van der Waals surface area contributed by atoms with Gasteiger partial charge in [0, 0.05) is 15.7 Å². The first-order valence-electron chi connectivity index (χ1n) is 11.1. The van der Waals surface area contributed by atoms with Crippen molar-refractivity contribution in [1.82, 2.24) is 5.32 Å². The molecule has 0 bridgehead atoms. The van der Waals surface area contributed by atoms with Crippen molar-refractivity contribution in [3.05, 3.63) is 93.0 Å². The van der Waals surface area contributed by atoms with Crippen LogP contribution in [0.2, 0.25) is 10.0 Å².